The van der Waals surface area contributed by atoms with E-state index in [1.54, 1.807) is 36.9 Å². The summed E-state index contributed by atoms with van der Waals surface area (Å²) >= 11 is 0. The molecule has 0 saturated carbocycles. The maximum atomic E-state index is 13.3. The Morgan fingerprint density at radius 3 is 2.11 bits per heavy atom. The fourth-order valence-electron chi connectivity index (χ4n) is 2.63. The number of nitrogens with one attached hydrogen (secondary N) is 1. The number of aromatic nitrogens is 4. The molecule has 4 rings (SSSR count). The Morgan fingerprint density at radius 2 is 1.41 bits per heavy atom. The first kappa shape index (κ1) is 16.8. The number of rotatable bonds is 5. The highest BCUT2D eigenvalue weighted by molar-refractivity contribution is 5.67. The summed E-state index contributed by atoms with van der Waals surface area (Å²) in [4.78, 5) is 17.3. The Labute approximate surface area is 156 Å². The summed E-state index contributed by atoms with van der Waals surface area (Å²) < 4.78 is 13.3. The molecule has 1 N–H and O–H groups in total. The minimum absolute atomic E-state index is 0.279. The number of halogens is 1. The lowest BCUT2D eigenvalue weighted by Crippen LogP contribution is -2.04. The van der Waals surface area contributed by atoms with Gasteiger partial charge in [-0.3, -0.25) is 9.97 Å². The highest BCUT2D eigenvalue weighted by Crippen LogP contribution is 2.24. The van der Waals surface area contributed by atoms with Crippen LogP contribution >= 0.6 is 0 Å². The molecule has 0 amide bonds. The first-order valence-corrected chi connectivity index (χ1v) is 8.46. The van der Waals surface area contributed by atoms with Crippen LogP contribution in [0, 0.1) is 5.82 Å². The van der Waals surface area contributed by atoms with E-state index in [4.69, 9.17) is 0 Å². The van der Waals surface area contributed by atoms with Gasteiger partial charge in [0, 0.05) is 48.5 Å². The van der Waals surface area contributed by atoms with Crippen molar-refractivity contribution in [3.63, 3.8) is 0 Å². The fourth-order valence-corrected chi connectivity index (χ4v) is 2.63. The Hall–Kier alpha value is -3.67. The number of nitrogens with zero attached hydrogens (tertiary/aromatic N) is 4. The second-order valence-corrected chi connectivity index (χ2v) is 5.91. The van der Waals surface area contributed by atoms with Gasteiger partial charge in [-0.05, 0) is 54.1 Å². The average molecular weight is 357 g/mol. The van der Waals surface area contributed by atoms with Crippen LogP contribution in [0.5, 0.6) is 0 Å². The Kier molecular flexibility index (Phi) is 4.78. The molecule has 0 unspecified atom stereocenters. The molecule has 0 aliphatic carbocycles. The number of pyridine rings is 2. The summed E-state index contributed by atoms with van der Waals surface area (Å²) in [5.74, 6) is 0.989. The van der Waals surface area contributed by atoms with Crippen molar-refractivity contribution < 1.29 is 4.39 Å². The molecule has 27 heavy (non-hydrogen) atoms. The molecule has 0 aliphatic heterocycles. The van der Waals surface area contributed by atoms with Crippen LogP contribution in [0.3, 0.4) is 0 Å². The molecule has 1 aromatic carbocycles. The third kappa shape index (κ3) is 4.12. The van der Waals surface area contributed by atoms with Gasteiger partial charge in [0.15, 0.2) is 5.82 Å². The molecule has 5 nitrogen and oxygen atoms in total. The first-order chi connectivity index (χ1) is 13.3. The van der Waals surface area contributed by atoms with Gasteiger partial charge in [0.25, 0.3) is 0 Å². The molecule has 0 radical (unpaired) electrons. The summed E-state index contributed by atoms with van der Waals surface area (Å²) in [6.07, 6.45) is 6.91. The lowest BCUT2D eigenvalue weighted by Gasteiger charge is -2.10. The molecule has 0 spiro atoms. The Bertz CT molecular complexity index is 1020. The van der Waals surface area contributed by atoms with Gasteiger partial charge in [-0.15, -0.1) is 0 Å². The fraction of sp³-hybridized carbons (Fsp3) is 0.0476. The average Bonchev–Trinajstić information content (AvgIpc) is 2.74. The highest BCUT2D eigenvalue weighted by Gasteiger charge is 2.09. The predicted octanol–water partition coefficient (Wildman–Crippen LogP) is 4.35. The molecule has 132 valence electrons. The van der Waals surface area contributed by atoms with Crippen molar-refractivity contribution in [2.24, 2.45) is 0 Å². The quantitative estimate of drug-likeness (QED) is 0.575. The van der Waals surface area contributed by atoms with Gasteiger partial charge in [-0.1, -0.05) is 0 Å². The molecule has 0 aliphatic rings. The van der Waals surface area contributed by atoms with Crippen molar-refractivity contribution >= 4 is 5.82 Å². The largest absolute Gasteiger partial charge is 0.366 e. The van der Waals surface area contributed by atoms with Crippen LogP contribution in [-0.4, -0.2) is 19.9 Å². The van der Waals surface area contributed by atoms with E-state index in [2.05, 4.69) is 25.3 Å². The zero-order valence-electron chi connectivity index (χ0n) is 14.4. The SMILES string of the molecule is Fc1ccc(-c2cc(NCc3ccncc3)nc(-c3ccncc3)n2)cc1. The van der Waals surface area contributed by atoms with Gasteiger partial charge in [-0.2, -0.15) is 0 Å². The van der Waals surface area contributed by atoms with Crippen LogP contribution in [0.25, 0.3) is 22.6 Å². The summed E-state index contributed by atoms with van der Waals surface area (Å²) in [5.41, 5.74) is 3.49. The molecule has 3 heterocycles. The Morgan fingerprint density at radius 1 is 0.741 bits per heavy atom. The molecule has 0 saturated heterocycles. The number of anilines is 1. The van der Waals surface area contributed by atoms with Gasteiger partial charge in [0.1, 0.15) is 11.6 Å². The van der Waals surface area contributed by atoms with Crippen LogP contribution in [0.15, 0.2) is 79.4 Å². The molecule has 0 bridgehead atoms. The zero-order valence-corrected chi connectivity index (χ0v) is 14.4. The minimum Gasteiger partial charge on any atom is -0.366 e. The summed E-state index contributed by atoms with van der Waals surface area (Å²) in [7, 11) is 0. The minimum atomic E-state index is -0.279. The summed E-state index contributed by atoms with van der Waals surface area (Å²) in [6, 6.07) is 15.7. The molecule has 6 heteroatoms. The van der Waals surface area contributed by atoms with E-state index in [1.165, 1.54) is 12.1 Å². The lowest BCUT2D eigenvalue weighted by atomic mass is 10.1. The smallest absolute Gasteiger partial charge is 0.162 e. The third-order valence-electron chi connectivity index (χ3n) is 4.03. The number of hydrogen-bond donors (Lipinski definition) is 1. The topological polar surface area (TPSA) is 63.6 Å². The molecular formula is C21H16FN5. The second-order valence-electron chi connectivity index (χ2n) is 5.91. The van der Waals surface area contributed by atoms with Crippen molar-refractivity contribution in [3.05, 3.63) is 90.8 Å². The van der Waals surface area contributed by atoms with Gasteiger partial charge in [0.2, 0.25) is 0 Å². The summed E-state index contributed by atoms with van der Waals surface area (Å²) in [5, 5.41) is 3.32. The van der Waals surface area contributed by atoms with Crippen LogP contribution in [0.1, 0.15) is 5.56 Å². The van der Waals surface area contributed by atoms with Crippen LogP contribution in [0.4, 0.5) is 10.2 Å². The van der Waals surface area contributed by atoms with E-state index in [0.717, 1.165) is 16.7 Å². The first-order valence-electron chi connectivity index (χ1n) is 8.46. The Balaban J connectivity index is 1.71. The van der Waals surface area contributed by atoms with Crippen molar-refractivity contribution in [3.8, 4) is 22.6 Å². The number of hydrogen-bond acceptors (Lipinski definition) is 5. The van der Waals surface area contributed by atoms with E-state index >= 15 is 0 Å². The lowest BCUT2D eigenvalue weighted by molar-refractivity contribution is 0.628. The molecular weight excluding hydrogens is 341 g/mol. The van der Waals surface area contributed by atoms with Crippen molar-refractivity contribution in [1.82, 2.24) is 19.9 Å². The van der Waals surface area contributed by atoms with E-state index in [0.29, 0.717) is 23.9 Å². The maximum absolute atomic E-state index is 13.3. The number of benzene rings is 1. The van der Waals surface area contributed by atoms with E-state index in [9.17, 15) is 4.39 Å². The summed E-state index contributed by atoms with van der Waals surface area (Å²) in [6.45, 7) is 0.609. The van der Waals surface area contributed by atoms with Crippen LogP contribution in [-0.2, 0) is 6.54 Å². The maximum Gasteiger partial charge on any atom is 0.162 e. The monoisotopic (exact) mass is 357 g/mol. The van der Waals surface area contributed by atoms with Crippen LogP contribution < -0.4 is 5.32 Å². The molecule has 4 aromatic rings. The highest BCUT2D eigenvalue weighted by atomic mass is 19.1. The van der Waals surface area contributed by atoms with E-state index in [1.807, 2.05) is 30.3 Å². The van der Waals surface area contributed by atoms with E-state index in [-0.39, 0.29) is 5.82 Å². The van der Waals surface area contributed by atoms with E-state index < -0.39 is 0 Å². The van der Waals surface area contributed by atoms with Crippen molar-refractivity contribution in [2.75, 3.05) is 5.32 Å². The van der Waals surface area contributed by atoms with Crippen LogP contribution in [0.2, 0.25) is 0 Å². The predicted molar refractivity (Wildman–Crippen MR) is 102 cm³/mol. The molecule has 3 aromatic heterocycles. The third-order valence-corrected chi connectivity index (χ3v) is 4.03. The van der Waals surface area contributed by atoms with Crippen molar-refractivity contribution in [1.29, 1.82) is 0 Å². The van der Waals surface area contributed by atoms with Gasteiger partial charge >= 0.3 is 0 Å². The zero-order chi connectivity index (χ0) is 18.5. The second kappa shape index (κ2) is 7.70. The van der Waals surface area contributed by atoms with Gasteiger partial charge in [-0.25, -0.2) is 14.4 Å². The molecule has 0 atom stereocenters. The normalized spacial score (nSPS) is 10.6. The standard InChI is InChI=1S/C21H16FN5/c22-18-3-1-16(2-4-18)19-13-20(25-14-15-5-9-23-10-6-15)27-21(26-19)17-7-11-24-12-8-17/h1-13H,14H2,(H,25,26,27). The molecule has 0 fully saturated rings. The van der Waals surface area contributed by atoms with Crippen molar-refractivity contribution in [2.45, 2.75) is 6.54 Å². The van der Waals surface area contributed by atoms with Gasteiger partial charge in [0.05, 0.1) is 5.69 Å². The van der Waals surface area contributed by atoms with Gasteiger partial charge < -0.3 is 5.32 Å².